The first kappa shape index (κ1) is 12.3. The number of aliphatic imine (C=N–C) groups is 1. The van der Waals surface area contributed by atoms with Gasteiger partial charge in [-0.15, -0.1) is 0 Å². The molecular weight excluding hydrogens is 265 g/mol. The minimum atomic E-state index is -0.250. The molecule has 1 aliphatic carbocycles. The van der Waals surface area contributed by atoms with Crippen LogP contribution >= 0.6 is 0 Å². The summed E-state index contributed by atoms with van der Waals surface area (Å²) in [5, 5.41) is 4.49. The van der Waals surface area contributed by atoms with Gasteiger partial charge in [0.1, 0.15) is 5.82 Å². The molecule has 0 bridgehead atoms. The second-order valence-electron chi connectivity index (χ2n) is 5.37. The van der Waals surface area contributed by atoms with Crippen LogP contribution in [0.1, 0.15) is 24.0 Å². The van der Waals surface area contributed by atoms with Gasteiger partial charge in [-0.25, -0.2) is 9.38 Å². The first-order chi connectivity index (χ1) is 10.3. The Bertz CT molecular complexity index is 746. The summed E-state index contributed by atoms with van der Waals surface area (Å²) in [5.74, 6) is 0.864. The third kappa shape index (κ3) is 2.33. The molecular formula is C17H14FN3. The highest BCUT2D eigenvalue weighted by molar-refractivity contribution is 6.11. The van der Waals surface area contributed by atoms with E-state index in [1.54, 1.807) is 6.07 Å². The predicted molar refractivity (Wildman–Crippen MR) is 81.4 cm³/mol. The molecule has 4 heteroatoms. The van der Waals surface area contributed by atoms with Gasteiger partial charge in [-0.1, -0.05) is 30.3 Å². The number of nitrogens with one attached hydrogen (secondary N) is 1. The summed E-state index contributed by atoms with van der Waals surface area (Å²) in [5.41, 5.74) is 6.50. The van der Waals surface area contributed by atoms with Crippen LogP contribution in [0.15, 0.2) is 58.6 Å². The molecule has 0 amide bonds. The van der Waals surface area contributed by atoms with Crippen LogP contribution in [0.5, 0.6) is 0 Å². The smallest absolute Gasteiger partial charge is 0.154 e. The van der Waals surface area contributed by atoms with Crippen molar-refractivity contribution in [2.24, 2.45) is 16.0 Å². The van der Waals surface area contributed by atoms with Gasteiger partial charge in [0.2, 0.25) is 0 Å². The van der Waals surface area contributed by atoms with Gasteiger partial charge >= 0.3 is 0 Å². The Morgan fingerprint density at radius 2 is 1.86 bits per heavy atom. The lowest BCUT2D eigenvalue weighted by molar-refractivity contribution is 0.627. The summed E-state index contributed by atoms with van der Waals surface area (Å²) in [4.78, 5) is 4.64. The highest BCUT2D eigenvalue weighted by Crippen LogP contribution is 2.37. The highest BCUT2D eigenvalue weighted by Gasteiger charge is 2.31. The van der Waals surface area contributed by atoms with Gasteiger partial charge in [0.15, 0.2) is 5.84 Å². The quantitative estimate of drug-likeness (QED) is 0.895. The molecule has 1 fully saturated rings. The highest BCUT2D eigenvalue weighted by atomic mass is 19.1. The molecule has 2 aromatic rings. The standard InChI is InChI=1S/C17H14FN3/c18-13-8-9-15-14(10-13)16(11-6-7-11)20-21-17(19-15)12-4-2-1-3-5-12/h1-5,8-11H,6-7H2,(H,19,21). The normalized spacial score (nSPS) is 17.2. The number of nitrogens with zero attached hydrogens (tertiary/aromatic N) is 2. The van der Waals surface area contributed by atoms with E-state index in [9.17, 15) is 4.39 Å². The van der Waals surface area contributed by atoms with Crippen molar-refractivity contribution >= 4 is 17.2 Å². The molecule has 1 saturated carbocycles. The number of fused-ring (bicyclic) bond motifs is 1. The van der Waals surface area contributed by atoms with Gasteiger partial charge in [-0.05, 0) is 31.0 Å². The number of rotatable bonds is 2. The molecule has 1 heterocycles. The largest absolute Gasteiger partial charge is 0.261 e. The lowest BCUT2D eigenvalue weighted by Crippen LogP contribution is -2.19. The van der Waals surface area contributed by atoms with Gasteiger partial charge in [-0.3, -0.25) is 5.43 Å². The Morgan fingerprint density at radius 3 is 2.62 bits per heavy atom. The zero-order valence-electron chi connectivity index (χ0n) is 11.4. The Hall–Kier alpha value is -2.49. The topological polar surface area (TPSA) is 36.8 Å². The van der Waals surface area contributed by atoms with Crippen molar-refractivity contribution in [3.05, 3.63) is 65.5 Å². The van der Waals surface area contributed by atoms with Gasteiger partial charge < -0.3 is 0 Å². The minimum Gasteiger partial charge on any atom is -0.261 e. The number of amidine groups is 1. The van der Waals surface area contributed by atoms with Crippen LogP contribution in [0.3, 0.4) is 0 Å². The van der Waals surface area contributed by atoms with Crippen LogP contribution < -0.4 is 5.43 Å². The van der Waals surface area contributed by atoms with Crippen molar-refractivity contribution in [3.63, 3.8) is 0 Å². The fourth-order valence-corrected chi connectivity index (χ4v) is 2.52. The minimum absolute atomic E-state index is 0.250. The van der Waals surface area contributed by atoms with Gasteiger partial charge in [-0.2, -0.15) is 5.10 Å². The second kappa shape index (κ2) is 4.81. The number of halogens is 1. The summed E-state index contributed by atoms with van der Waals surface area (Å²) in [6.07, 6.45) is 2.22. The molecule has 21 heavy (non-hydrogen) atoms. The number of hydrogen-bond donors (Lipinski definition) is 1. The second-order valence-corrected chi connectivity index (χ2v) is 5.37. The van der Waals surface area contributed by atoms with E-state index in [1.165, 1.54) is 12.1 Å². The zero-order chi connectivity index (χ0) is 14.2. The molecule has 1 aliphatic heterocycles. The average Bonchev–Trinajstić information content (AvgIpc) is 3.33. The maximum atomic E-state index is 13.6. The molecule has 0 saturated heterocycles. The summed E-state index contributed by atoms with van der Waals surface area (Å²) >= 11 is 0. The third-order valence-electron chi connectivity index (χ3n) is 3.76. The monoisotopic (exact) mass is 279 g/mol. The van der Waals surface area contributed by atoms with Gasteiger partial charge in [0, 0.05) is 17.0 Å². The van der Waals surface area contributed by atoms with E-state index >= 15 is 0 Å². The van der Waals surface area contributed by atoms with Crippen LogP contribution in [-0.2, 0) is 0 Å². The maximum absolute atomic E-state index is 13.6. The van der Waals surface area contributed by atoms with Gasteiger partial charge in [0.05, 0.1) is 11.4 Å². The van der Waals surface area contributed by atoms with Crippen molar-refractivity contribution < 1.29 is 4.39 Å². The third-order valence-corrected chi connectivity index (χ3v) is 3.76. The van der Waals surface area contributed by atoms with Crippen LogP contribution in [0, 0.1) is 11.7 Å². The first-order valence-corrected chi connectivity index (χ1v) is 7.09. The first-order valence-electron chi connectivity index (χ1n) is 7.09. The van der Waals surface area contributed by atoms with E-state index < -0.39 is 0 Å². The molecule has 2 aliphatic rings. The Morgan fingerprint density at radius 1 is 1.05 bits per heavy atom. The van der Waals surface area contributed by atoms with Crippen LogP contribution in [0.2, 0.25) is 0 Å². The zero-order valence-corrected chi connectivity index (χ0v) is 11.4. The predicted octanol–water partition coefficient (Wildman–Crippen LogP) is 3.62. The van der Waals surface area contributed by atoms with E-state index in [0.717, 1.165) is 35.4 Å². The van der Waals surface area contributed by atoms with Crippen molar-refractivity contribution in [1.29, 1.82) is 0 Å². The van der Waals surface area contributed by atoms with Crippen molar-refractivity contribution in [2.75, 3.05) is 0 Å². The maximum Gasteiger partial charge on any atom is 0.154 e. The number of benzene rings is 2. The van der Waals surface area contributed by atoms with Crippen molar-refractivity contribution in [1.82, 2.24) is 5.43 Å². The molecule has 1 N–H and O–H groups in total. The fraction of sp³-hybridized carbons (Fsp3) is 0.176. The SMILES string of the molecule is Fc1ccc2c(c1)C(C1CC1)=NNC(c1ccccc1)=N2. The molecule has 2 aromatic carbocycles. The van der Waals surface area contributed by atoms with Crippen molar-refractivity contribution in [3.8, 4) is 0 Å². The lowest BCUT2D eigenvalue weighted by atomic mass is 10.0. The molecule has 0 spiro atoms. The Labute approximate surface area is 122 Å². The summed E-state index contributed by atoms with van der Waals surface area (Å²) < 4.78 is 13.6. The van der Waals surface area contributed by atoms with E-state index in [2.05, 4.69) is 15.5 Å². The molecule has 4 rings (SSSR count). The molecule has 0 radical (unpaired) electrons. The van der Waals surface area contributed by atoms with Crippen LogP contribution in [0.25, 0.3) is 0 Å². The number of hydrogen-bond acceptors (Lipinski definition) is 3. The molecule has 3 nitrogen and oxygen atoms in total. The van der Waals surface area contributed by atoms with Crippen LogP contribution in [0.4, 0.5) is 10.1 Å². The Kier molecular flexibility index (Phi) is 2.81. The molecule has 104 valence electrons. The summed E-state index contributed by atoms with van der Waals surface area (Å²) in [6, 6.07) is 14.5. The Balaban J connectivity index is 1.85. The fourth-order valence-electron chi connectivity index (χ4n) is 2.52. The summed E-state index contributed by atoms with van der Waals surface area (Å²) in [7, 11) is 0. The average molecular weight is 279 g/mol. The van der Waals surface area contributed by atoms with E-state index in [0.29, 0.717) is 11.8 Å². The van der Waals surface area contributed by atoms with E-state index in [-0.39, 0.29) is 5.82 Å². The van der Waals surface area contributed by atoms with Crippen molar-refractivity contribution in [2.45, 2.75) is 12.8 Å². The molecule has 0 aromatic heterocycles. The van der Waals surface area contributed by atoms with Crippen LogP contribution in [-0.4, -0.2) is 11.5 Å². The summed E-state index contributed by atoms with van der Waals surface area (Å²) in [6.45, 7) is 0. The van der Waals surface area contributed by atoms with E-state index in [1.807, 2.05) is 30.3 Å². The molecule has 0 unspecified atom stereocenters. The lowest BCUT2D eigenvalue weighted by Gasteiger charge is -2.05. The van der Waals surface area contributed by atoms with E-state index in [4.69, 9.17) is 0 Å². The molecule has 0 atom stereocenters. The van der Waals surface area contributed by atoms with Gasteiger partial charge in [0.25, 0.3) is 0 Å². The number of hydrazone groups is 1.